The molecule has 14 heteroatoms. The van der Waals surface area contributed by atoms with Gasteiger partial charge in [0.1, 0.15) is 35.1 Å². The van der Waals surface area contributed by atoms with Crippen molar-refractivity contribution in [3.63, 3.8) is 0 Å². The molecule has 2 aromatic heterocycles. The minimum absolute atomic E-state index is 0.0916. The van der Waals surface area contributed by atoms with Gasteiger partial charge in [-0.05, 0) is 80.7 Å². The van der Waals surface area contributed by atoms with Crippen LogP contribution in [0.1, 0.15) is 65.8 Å². The van der Waals surface area contributed by atoms with Crippen LogP contribution in [-0.4, -0.2) is 103 Å². The van der Waals surface area contributed by atoms with Crippen molar-refractivity contribution in [1.82, 2.24) is 25.2 Å². The molecule has 5 aromatic rings. The number of allylic oxidation sites excluding steroid dienone is 1. The molecular weight excluding hydrogens is 775 g/mol. The van der Waals surface area contributed by atoms with E-state index in [0.29, 0.717) is 75.1 Å². The van der Waals surface area contributed by atoms with Gasteiger partial charge in [-0.2, -0.15) is 5.10 Å². The normalized spacial score (nSPS) is 17.6. The van der Waals surface area contributed by atoms with Crippen LogP contribution in [0.5, 0.6) is 5.75 Å². The molecule has 2 aliphatic rings. The lowest BCUT2D eigenvalue weighted by atomic mass is 9.99. The SMILES string of the molecule is C=C/C=N\N1C(=NCc2ccccc2-c2nccc3cc(NCCOCCOCCOc4cccc(C(=O)c5csc(C6CCCN6C)n5)c4)ccc23)NC(CC)=NC1C. The number of nitrogens with zero attached hydrogens (tertiary/aromatic N) is 7. The number of guanidine groups is 1. The summed E-state index contributed by atoms with van der Waals surface area (Å²) in [5.74, 6) is 2.06. The highest BCUT2D eigenvalue weighted by Crippen LogP contribution is 2.33. The van der Waals surface area contributed by atoms with E-state index in [1.165, 1.54) is 0 Å². The second-order valence-electron chi connectivity index (χ2n) is 14.5. The molecule has 0 radical (unpaired) electrons. The summed E-state index contributed by atoms with van der Waals surface area (Å²) in [5, 5.41) is 18.1. The minimum atomic E-state index is -0.185. The first-order valence-electron chi connectivity index (χ1n) is 20.5. The molecule has 3 aromatic carbocycles. The Kier molecular flexibility index (Phi) is 14.8. The van der Waals surface area contributed by atoms with Crippen LogP contribution in [0.4, 0.5) is 5.69 Å². The number of pyridine rings is 1. The van der Waals surface area contributed by atoms with Gasteiger partial charge in [0.15, 0.2) is 0 Å². The van der Waals surface area contributed by atoms with Crippen LogP contribution in [0.25, 0.3) is 22.0 Å². The third-order valence-corrected chi connectivity index (χ3v) is 11.3. The number of ketones is 1. The zero-order valence-electron chi connectivity index (χ0n) is 34.5. The van der Waals surface area contributed by atoms with Gasteiger partial charge in [-0.25, -0.2) is 20.0 Å². The maximum absolute atomic E-state index is 13.2. The van der Waals surface area contributed by atoms with Crippen molar-refractivity contribution in [2.45, 2.75) is 51.9 Å². The molecule has 2 atom stereocenters. The van der Waals surface area contributed by atoms with Gasteiger partial charge in [0, 0.05) is 53.0 Å². The largest absolute Gasteiger partial charge is 0.491 e. The Bertz CT molecular complexity index is 2340. The highest BCUT2D eigenvalue weighted by atomic mass is 32.1. The molecule has 4 heterocycles. The lowest BCUT2D eigenvalue weighted by molar-refractivity contribution is 0.0395. The van der Waals surface area contributed by atoms with Gasteiger partial charge < -0.3 is 24.8 Å². The van der Waals surface area contributed by atoms with E-state index in [0.717, 1.165) is 69.9 Å². The molecule has 2 N–H and O–H groups in total. The van der Waals surface area contributed by atoms with Crippen LogP contribution in [0.15, 0.2) is 112 Å². The van der Waals surface area contributed by atoms with Crippen molar-refractivity contribution in [2.24, 2.45) is 15.1 Å². The van der Waals surface area contributed by atoms with Crippen LogP contribution in [0.3, 0.4) is 0 Å². The number of thiazole rings is 1. The number of benzene rings is 3. The fraction of sp³-hybridized carbons (Fsp3) is 0.348. The van der Waals surface area contributed by atoms with E-state index in [4.69, 9.17) is 24.2 Å². The Hall–Kier alpha value is -5.80. The second-order valence-corrected chi connectivity index (χ2v) is 15.4. The first-order chi connectivity index (χ1) is 29.4. The van der Waals surface area contributed by atoms with Crippen LogP contribution in [0.2, 0.25) is 0 Å². The smallest absolute Gasteiger partial charge is 0.222 e. The van der Waals surface area contributed by atoms with E-state index in [1.54, 1.807) is 40.8 Å². The molecule has 13 nitrogen and oxygen atoms in total. The Morgan fingerprint density at radius 3 is 2.73 bits per heavy atom. The average molecular weight is 828 g/mol. The fourth-order valence-corrected chi connectivity index (χ4v) is 8.24. The summed E-state index contributed by atoms with van der Waals surface area (Å²) in [6.45, 7) is 12.2. The van der Waals surface area contributed by atoms with Crippen molar-refractivity contribution in [2.75, 3.05) is 58.5 Å². The molecule has 312 valence electrons. The van der Waals surface area contributed by atoms with Gasteiger partial charge in [-0.3, -0.25) is 14.7 Å². The standard InChI is InChI=1S/C46H53N9O4S/c1-5-19-50-55-32(3)51-42(6-2)53-46(55)49-30-35-11-7-8-14-38(35)43-39-17-16-36(28-33(39)18-20-48-43)47-21-23-57-24-25-58-26-27-59-37-13-9-12-34(29-37)44(56)40-31-60-45(52-40)41-15-10-22-54(41)4/h5,7-9,11-14,16-20,28-29,31-32,41,47H,1,6,10,15,21-27,30H2,2-4H3,(H,49,51,53)/b50-19-. The average Bonchev–Trinajstić information content (AvgIpc) is 3.94. The summed E-state index contributed by atoms with van der Waals surface area (Å²) >= 11 is 1.56. The first kappa shape index (κ1) is 42.3. The number of fused-ring (bicyclic) bond motifs is 1. The van der Waals surface area contributed by atoms with E-state index >= 15 is 0 Å². The number of carbonyl (C=O) groups is 1. The minimum Gasteiger partial charge on any atom is -0.491 e. The van der Waals surface area contributed by atoms with Crippen LogP contribution in [0, 0.1) is 0 Å². The highest BCUT2D eigenvalue weighted by molar-refractivity contribution is 7.10. The first-order valence-corrected chi connectivity index (χ1v) is 21.4. The zero-order valence-corrected chi connectivity index (χ0v) is 35.4. The van der Waals surface area contributed by atoms with Gasteiger partial charge in [0.25, 0.3) is 0 Å². The summed E-state index contributed by atoms with van der Waals surface area (Å²) in [7, 11) is 2.11. The van der Waals surface area contributed by atoms with E-state index in [-0.39, 0.29) is 11.9 Å². The van der Waals surface area contributed by atoms with Crippen LogP contribution in [-0.2, 0) is 16.0 Å². The number of nitrogens with one attached hydrogen (secondary N) is 2. The quantitative estimate of drug-likeness (QED) is 0.0452. The molecule has 0 aliphatic carbocycles. The number of amidine groups is 1. The van der Waals surface area contributed by atoms with Gasteiger partial charge in [0.2, 0.25) is 11.7 Å². The van der Waals surface area contributed by atoms with Gasteiger partial charge in [-0.15, -0.1) is 11.3 Å². The third kappa shape index (κ3) is 10.7. The molecule has 2 unspecified atom stereocenters. The number of likely N-dealkylation sites (tertiary alicyclic amines) is 1. The zero-order chi connectivity index (χ0) is 41.7. The lowest BCUT2D eigenvalue weighted by Gasteiger charge is -2.30. The van der Waals surface area contributed by atoms with E-state index in [9.17, 15) is 4.79 Å². The molecular formula is C46H53N9O4S. The lowest BCUT2D eigenvalue weighted by Crippen LogP contribution is -2.50. The Morgan fingerprint density at radius 1 is 1.05 bits per heavy atom. The number of hydrazone groups is 1. The summed E-state index contributed by atoms with van der Waals surface area (Å²) < 4.78 is 17.4. The molecule has 1 saturated heterocycles. The second kappa shape index (κ2) is 20.9. The summed E-state index contributed by atoms with van der Waals surface area (Å²) in [6, 6.07) is 24.1. The molecule has 1 fully saturated rings. The van der Waals surface area contributed by atoms with Gasteiger partial charge in [-0.1, -0.05) is 56.0 Å². The van der Waals surface area contributed by atoms with Crippen LogP contribution < -0.4 is 15.4 Å². The number of hydrogen-bond acceptors (Lipinski definition) is 12. The molecule has 2 aliphatic heterocycles. The van der Waals surface area contributed by atoms with Crippen molar-refractivity contribution < 1.29 is 19.0 Å². The van der Waals surface area contributed by atoms with E-state index in [2.05, 4.69) is 81.5 Å². The molecule has 0 spiro atoms. The van der Waals surface area contributed by atoms with Crippen molar-refractivity contribution >= 4 is 51.6 Å². The maximum Gasteiger partial charge on any atom is 0.222 e. The maximum atomic E-state index is 13.2. The molecule has 0 amide bonds. The van der Waals surface area contributed by atoms with E-state index in [1.807, 2.05) is 48.8 Å². The van der Waals surface area contributed by atoms with Gasteiger partial charge >= 0.3 is 0 Å². The number of ether oxygens (including phenoxy) is 3. The Balaban J connectivity index is 0.840. The Morgan fingerprint density at radius 2 is 1.90 bits per heavy atom. The number of anilines is 1. The van der Waals surface area contributed by atoms with Crippen LogP contribution >= 0.6 is 11.3 Å². The number of carbonyl (C=O) groups excluding carboxylic acids is 1. The molecule has 7 rings (SSSR count). The van der Waals surface area contributed by atoms with E-state index < -0.39 is 0 Å². The fourth-order valence-electron chi connectivity index (χ4n) is 7.24. The monoisotopic (exact) mass is 827 g/mol. The predicted molar refractivity (Wildman–Crippen MR) is 241 cm³/mol. The summed E-state index contributed by atoms with van der Waals surface area (Å²) in [4.78, 5) is 34.6. The topological polar surface area (TPSA) is 138 Å². The third-order valence-electron chi connectivity index (χ3n) is 10.3. The predicted octanol–water partition coefficient (Wildman–Crippen LogP) is 7.97. The van der Waals surface area contributed by atoms with Crippen molar-refractivity contribution in [3.05, 3.63) is 119 Å². The van der Waals surface area contributed by atoms with Gasteiger partial charge in [0.05, 0.1) is 44.7 Å². The molecule has 0 saturated carbocycles. The summed E-state index contributed by atoms with van der Waals surface area (Å²) in [5.41, 5.74) is 5.04. The van der Waals surface area contributed by atoms with Crippen molar-refractivity contribution in [3.8, 4) is 17.0 Å². The number of rotatable bonds is 20. The molecule has 60 heavy (non-hydrogen) atoms. The Labute approximate surface area is 355 Å². The molecule has 0 bridgehead atoms. The number of aliphatic imine (C=N–C) groups is 2. The highest BCUT2D eigenvalue weighted by Gasteiger charge is 2.27. The summed E-state index contributed by atoms with van der Waals surface area (Å²) in [6.07, 6.45) is 7.96. The number of hydrogen-bond donors (Lipinski definition) is 2. The van der Waals surface area contributed by atoms with Crippen molar-refractivity contribution in [1.29, 1.82) is 0 Å². The number of aromatic nitrogens is 2.